The molecule has 0 bridgehead atoms. The fraction of sp³-hybridized carbons (Fsp3) is 0.121. The topological polar surface area (TPSA) is 46.3 Å². The number of fused-ring (bicyclic) bond motifs is 4. The molecular formula is C33H27N4O2Pt-. The van der Waals surface area contributed by atoms with Gasteiger partial charge in [0.2, 0.25) is 0 Å². The fourth-order valence-corrected chi connectivity index (χ4v) is 5.04. The third kappa shape index (κ3) is 4.43. The second kappa shape index (κ2) is 10.5. The molecular weight excluding hydrogens is 679 g/mol. The number of pyridine rings is 1. The van der Waals surface area contributed by atoms with Gasteiger partial charge in [0.05, 0.1) is 6.04 Å². The maximum absolute atomic E-state index is 7.88. The summed E-state index contributed by atoms with van der Waals surface area (Å²) in [4.78, 5) is 9.36. The summed E-state index contributed by atoms with van der Waals surface area (Å²) in [6.45, 7) is 1.96. The number of ether oxygens (including phenoxy) is 1. The van der Waals surface area contributed by atoms with Gasteiger partial charge in [0.25, 0.3) is 0 Å². The van der Waals surface area contributed by atoms with E-state index >= 15 is 0 Å². The van der Waals surface area contributed by atoms with Gasteiger partial charge in [-0.2, -0.15) is 17.1 Å². The predicted octanol–water partition coefficient (Wildman–Crippen LogP) is 8.08. The summed E-state index contributed by atoms with van der Waals surface area (Å²) in [7, 11) is 0. The summed E-state index contributed by atoms with van der Waals surface area (Å²) in [5, 5.41) is 5.83. The van der Waals surface area contributed by atoms with E-state index < -0.39 is 6.85 Å². The minimum Gasteiger partial charge on any atom is -0.509 e. The Bertz CT molecular complexity index is 1960. The van der Waals surface area contributed by atoms with Gasteiger partial charge in [-0.1, -0.05) is 35.8 Å². The first-order valence-electron chi connectivity index (χ1n) is 14.3. The van der Waals surface area contributed by atoms with Crippen LogP contribution in [0.5, 0.6) is 11.5 Å². The predicted molar refractivity (Wildman–Crippen MR) is 155 cm³/mol. The zero-order chi connectivity index (χ0) is 29.0. The Morgan fingerprint density at radius 1 is 0.850 bits per heavy atom. The van der Waals surface area contributed by atoms with Crippen LogP contribution in [0.25, 0.3) is 27.6 Å². The molecule has 1 N–H and O–H groups in total. The van der Waals surface area contributed by atoms with Crippen LogP contribution in [0.3, 0.4) is 0 Å². The molecule has 0 unspecified atom stereocenters. The van der Waals surface area contributed by atoms with Crippen molar-refractivity contribution >= 4 is 38.9 Å². The molecule has 3 heterocycles. The van der Waals surface area contributed by atoms with Crippen LogP contribution in [0.1, 0.15) is 23.5 Å². The Kier molecular flexibility index (Phi) is 5.93. The number of hydrogen-bond donors (Lipinski definition) is 0. The van der Waals surface area contributed by atoms with E-state index in [1.54, 1.807) is 6.07 Å². The fourth-order valence-electron chi connectivity index (χ4n) is 5.04. The average Bonchev–Trinajstić information content (AvgIpc) is 3.53. The van der Waals surface area contributed by atoms with Crippen molar-refractivity contribution in [2.45, 2.75) is 26.7 Å². The van der Waals surface area contributed by atoms with Crippen molar-refractivity contribution < 1.29 is 34.9 Å². The largest absolute Gasteiger partial charge is 0.509 e. The van der Waals surface area contributed by atoms with E-state index in [0.717, 1.165) is 38.9 Å². The van der Waals surface area contributed by atoms with Gasteiger partial charge < -0.3 is 9.30 Å². The van der Waals surface area contributed by atoms with Crippen LogP contribution < -0.4 is 14.9 Å². The van der Waals surface area contributed by atoms with Crippen LogP contribution in [0, 0.1) is 19.0 Å². The van der Waals surface area contributed by atoms with Crippen molar-refractivity contribution in [1.29, 1.82) is 0 Å². The minimum atomic E-state index is -2.25. The Labute approximate surface area is 251 Å². The van der Waals surface area contributed by atoms with E-state index in [9.17, 15) is 0 Å². The number of anilines is 3. The second-order valence-electron chi connectivity index (χ2n) is 9.67. The molecule has 7 heteroatoms. The maximum Gasteiger partial charge on any atom is 0.145 e. The Morgan fingerprint density at radius 3 is 2.50 bits per heavy atom. The van der Waals surface area contributed by atoms with E-state index in [0.29, 0.717) is 17.3 Å². The molecule has 0 spiro atoms. The number of para-hydroxylation sites is 3. The van der Waals surface area contributed by atoms with E-state index in [1.165, 1.54) is 12.3 Å². The first-order chi connectivity index (χ1) is 20.3. The zero-order valence-electron chi connectivity index (χ0n) is 24.8. The standard InChI is InChI=1S/C33H26N4O2.Pt/c1-22(2)36-30-13-6-7-14-31(30)37(39-36)24-9-8-10-25(20-24)38-26-15-16-28-27-11-4-5-12-29(27)35(32(28)21-26)33-19-23(3)17-18-34-33;/h4-19,22H,1-3H3;/q-2;/p+1/i3D3;. The number of rotatable bonds is 5. The van der Waals surface area contributed by atoms with Gasteiger partial charge >= 0.3 is 0 Å². The van der Waals surface area contributed by atoms with Crippen LogP contribution in [0.15, 0.2) is 97.2 Å². The normalized spacial score (nSPS) is 14.1. The molecule has 0 radical (unpaired) electrons. The third-order valence-electron chi connectivity index (χ3n) is 6.76. The van der Waals surface area contributed by atoms with Crippen molar-refractivity contribution in [1.82, 2.24) is 9.55 Å². The third-order valence-corrected chi connectivity index (χ3v) is 6.76. The van der Waals surface area contributed by atoms with Gasteiger partial charge in [0.1, 0.15) is 17.2 Å². The molecule has 1 aliphatic heterocycles. The van der Waals surface area contributed by atoms with Gasteiger partial charge in [-0.3, -0.25) is 0 Å². The van der Waals surface area contributed by atoms with Crippen LogP contribution in [-0.2, 0) is 21.1 Å². The van der Waals surface area contributed by atoms with Gasteiger partial charge in [0.15, 0.2) is 0 Å². The molecule has 2 aromatic heterocycles. The molecule has 0 saturated heterocycles. The van der Waals surface area contributed by atoms with Crippen LogP contribution in [0.2, 0.25) is 0 Å². The molecule has 0 saturated carbocycles. The number of benzene rings is 4. The van der Waals surface area contributed by atoms with Crippen molar-refractivity contribution in [3.63, 3.8) is 0 Å². The summed E-state index contributed by atoms with van der Waals surface area (Å²) in [6, 6.07) is 35.7. The van der Waals surface area contributed by atoms with Gasteiger partial charge in [0, 0.05) is 54.1 Å². The van der Waals surface area contributed by atoms with E-state index in [-0.39, 0.29) is 32.7 Å². The second-order valence-corrected chi connectivity index (χ2v) is 9.67. The summed E-state index contributed by atoms with van der Waals surface area (Å²) in [5.41, 5.74) is 4.62. The molecule has 0 atom stereocenters. The van der Waals surface area contributed by atoms with Gasteiger partial charge in [-0.15, -0.1) is 45.8 Å². The maximum atomic E-state index is 7.88. The monoisotopic (exact) mass is 709 g/mol. The van der Waals surface area contributed by atoms with E-state index in [1.807, 2.05) is 87.5 Å². The molecule has 4 aromatic carbocycles. The number of aryl methyl sites for hydroxylation is 1. The number of hydroxylamine groups is 1. The van der Waals surface area contributed by atoms with Crippen molar-refractivity contribution in [3.8, 4) is 17.3 Å². The van der Waals surface area contributed by atoms with E-state index in [4.69, 9.17) is 13.8 Å². The van der Waals surface area contributed by atoms with Crippen molar-refractivity contribution in [3.05, 3.63) is 115 Å². The number of nitrogens with zero attached hydrogens (tertiary/aromatic N) is 4. The molecule has 202 valence electrons. The summed E-state index contributed by atoms with van der Waals surface area (Å²) >= 11 is 0. The zero-order valence-corrected chi connectivity index (χ0v) is 24.0. The summed E-state index contributed by atoms with van der Waals surface area (Å²) in [5.74, 6) is 1.51. The molecule has 6 aromatic rings. The smallest absolute Gasteiger partial charge is 0.145 e. The number of aromatic nitrogens is 2. The molecule has 0 fully saturated rings. The van der Waals surface area contributed by atoms with Crippen molar-refractivity contribution in [2.75, 3.05) is 10.1 Å². The van der Waals surface area contributed by atoms with Crippen LogP contribution in [0.4, 0.5) is 17.1 Å². The Hall–Kier alpha value is -4.12. The summed E-state index contributed by atoms with van der Waals surface area (Å²) < 4.78 is 31.9. The molecule has 0 amide bonds. The summed E-state index contributed by atoms with van der Waals surface area (Å²) in [6.07, 6.45) is 1.53. The minimum absolute atomic E-state index is 0. The first-order valence-corrected chi connectivity index (χ1v) is 12.8. The molecule has 7 rings (SSSR count). The first kappa shape index (κ1) is 22.7. The quantitative estimate of drug-likeness (QED) is 0.134. The van der Waals surface area contributed by atoms with Crippen LogP contribution in [-0.4, -0.2) is 20.5 Å². The average molecular weight is 710 g/mol. The molecule has 6 nitrogen and oxygen atoms in total. The SMILES string of the molecule is [2H]C([2H])([2H])c1ccnc(-n2c3[c-]c(Oc4[c-]c(N5[OH+]N(C(C)C)c6ccccc65)ccc4)ccc3c3ccccc32)c1.[Pt]. The molecule has 1 aliphatic rings. The molecule has 40 heavy (non-hydrogen) atoms. The van der Waals surface area contributed by atoms with Gasteiger partial charge in [-0.25, -0.2) is 4.98 Å². The Balaban J connectivity index is 0.00000329. The molecule has 0 aliphatic carbocycles. The van der Waals surface area contributed by atoms with Crippen molar-refractivity contribution in [2.24, 2.45) is 0 Å². The van der Waals surface area contributed by atoms with Crippen LogP contribution >= 0.6 is 0 Å². The Morgan fingerprint density at radius 2 is 1.65 bits per heavy atom. The van der Waals surface area contributed by atoms with Gasteiger partial charge in [-0.05, 0) is 62.0 Å². The van der Waals surface area contributed by atoms with E-state index in [2.05, 4.69) is 37.0 Å². The number of hydrogen-bond acceptors (Lipinski definition) is 4.